The highest BCUT2D eigenvalue weighted by Gasteiger charge is 2.20. The summed E-state index contributed by atoms with van der Waals surface area (Å²) in [6, 6.07) is 17.1. The third-order valence-corrected chi connectivity index (χ3v) is 5.14. The Morgan fingerprint density at radius 3 is 2.36 bits per heavy atom. The van der Waals surface area contributed by atoms with Gasteiger partial charge in [-0.3, -0.25) is 4.90 Å². The maximum Gasteiger partial charge on any atom is 0.335 e. The number of nitrogens with zero attached hydrogens (tertiary/aromatic N) is 3. The van der Waals surface area contributed by atoms with E-state index in [4.69, 9.17) is 9.52 Å². The lowest BCUT2D eigenvalue weighted by Crippen LogP contribution is -2.46. The van der Waals surface area contributed by atoms with Crippen molar-refractivity contribution >= 4 is 11.7 Å². The number of aromatic carboxylic acids is 1. The Morgan fingerprint density at radius 1 is 1.04 bits per heavy atom. The molecule has 1 N–H and O–H groups in total. The summed E-state index contributed by atoms with van der Waals surface area (Å²) in [6.45, 7) is 6.62. The number of carbonyl (C=O) groups is 1. The number of piperazine rings is 1. The fourth-order valence-electron chi connectivity index (χ4n) is 3.47. The molecule has 1 aliphatic heterocycles. The number of para-hydroxylation sites is 1. The maximum atomic E-state index is 11.0. The van der Waals surface area contributed by atoms with Crippen LogP contribution in [-0.4, -0.2) is 47.1 Å². The lowest BCUT2D eigenvalue weighted by molar-refractivity contribution is 0.0697. The minimum atomic E-state index is -0.939. The summed E-state index contributed by atoms with van der Waals surface area (Å²) in [4.78, 5) is 20.4. The Morgan fingerprint density at radius 2 is 1.71 bits per heavy atom. The molecule has 2 heterocycles. The van der Waals surface area contributed by atoms with E-state index in [1.807, 2.05) is 13.0 Å². The summed E-state index contributed by atoms with van der Waals surface area (Å²) < 4.78 is 5.84. The number of rotatable bonds is 5. The van der Waals surface area contributed by atoms with Crippen LogP contribution in [0.3, 0.4) is 0 Å². The molecule has 0 atom stereocenters. The zero-order valence-electron chi connectivity index (χ0n) is 15.8. The van der Waals surface area contributed by atoms with Crippen LogP contribution in [0, 0.1) is 6.92 Å². The van der Waals surface area contributed by atoms with E-state index in [1.54, 1.807) is 24.3 Å². The fraction of sp³-hybridized carbons (Fsp3) is 0.273. The van der Waals surface area contributed by atoms with Crippen LogP contribution in [0.4, 0.5) is 5.69 Å². The molecule has 0 amide bonds. The van der Waals surface area contributed by atoms with Crippen molar-refractivity contribution in [3.63, 3.8) is 0 Å². The lowest BCUT2D eigenvalue weighted by atomic mass is 10.1. The molecule has 1 fully saturated rings. The van der Waals surface area contributed by atoms with Gasteiger partial charge in [-0.05, 0) is 43.3 Å². The number of benzene rings is 2. The lowest BCUT2D eigenvalue weighted by Gasteiger charge is -2.35. The molecule has 6 nitrogen and oxygen atoms in total. The summed E-state index contributed by atoms with van der Waals surface area (Å²) in [5.41, 5.74) is 3.24. The molecule has 0 bridgehead atoms. The smallest absolute Gasteiger partial charge is 0.335 e. The van der Waals surface area contributed by atoms with E-state index in [-0.39, 0.29) is 5.56 Å². The van der Waals surface area contributed by atoms with Crippen molar-refractivity contribution in [2.24, 2.45) is 0 Å². The Hall–Kier alpha value is -3.12. The second-order valence-corrected chi connectivity index (χ2v) is 7.00. The molecule has 1 saturated heterocycles. The zero-order valence-corrected chi connectivity index (χ0v) is 15.8. The van der Waals surface area contributed by atoms with Gasteiger partial charge >= 0.3 is 5.97 Å². The van der Waals surface area contributed by atoms with E-state index in [2.05, 4.69) is 39.0 Å². The molecular weight excluding hydrogens is 354 g/mol. The van der Waals surface area contributed by atoms with Crippen molar-refractivity contribution in [1.82, 2.24) is 9.88 Å². The van der Waals surface area contributed by atoms with Gasteiger partial charge in [-0.1, -0.05) is 18.2 Å². The van der Waals surface area contributed by atoms with Crippen molar-refractivity contribution in [1.29, 1.82) is 0 Å². The van der Waals surface area contributed by atoms with Crippen molar-refractivity contribution in [2.75, 3.05) is 31.1 Å². The number of aromatic nitrogens is 1. The number of oxazole rings is 1. The van der Waals surface area contributed by atoms with Crippen LogP contribution >= 0.6 is 0 Å². The van der Waals surface area contributed by atoms with Gasteiger partial charge in [0.25, 0.3) is 0 Å². The first kappa shape index (κ1) is 18.3. The number of aryl methyl sites for hydroxylation is 1. The Kier molecular flexibility index (Phi) is 5.12. The highest BCUT2D eigenvalue weighted by atomic mass is 16.4. The molecule has 144 valence electrons. The largest absolute Gasteiger partial charge is 0.478 e. The highest BCUT2D eigenvalue weighted by Crippen LogP contribution is 2.24. The number of carboxylic acids is 1. The summed E-state index contributed by atoms with van der Waals surface area (Å²) in [5, 5.41) is 9.02. The van der Waals surface area contributed by atoms with Crippen LogP contribution in [0.15, 0.2) is 59.0 Å². The van der Waals surface area contributed by atoms with E-state index >= 15 is 0 Å². The van der Waals surface area contributed by atoms with E-state index in [0.29, 0.717) is 5.89 Å². The van der Waals surface area contributed by atoms with E-state index in [1.165, 1.54) is 5.69 Å². The molecule has 0 spiro atoms. The Labute approximate surface area is 164 Å². The standard InChI is InChI=1S/C22H23N3O3/c1-16-20(23-21(28-16)17-7-9-18(10-8-17)22(26)27)15-24-11-13-25(14-12-24)19-5-3-2-4-6-19/h2-10H,11-15H2,1H3,(H,26,27). The molecule has 2 aromatic carbocycles. The SMILES string of the molecule is Cc1oc(-c2ccc(C(=O)O)cc2)nc1CN1CCN(c2ccccc2)CC1. The van der Waals surface area contributed by atoms with Crippen LogP contribution in [0.1, 0.15) is 21.8 Å². The van der Waals surface area contributed by atoms with Crippen LogP contribution in [0.25, 0.3) is 11.5 Å². The molecule has 0 aliphatic carbocycles. The van der Waals surface area contributed by atoms with Crippen molar-refractivity contribution < 1.29 is 14.3 Å². The van der Waals surface area contributed by atoms with Crippen LogP contribution in [0.2, 0.25) is 0 Å². The monoisotopic (exact) mass is 377 g/mol. The third-order valence-electron chi connectivity index (χ3n) is 5.14. The second-order valence-electron chi connectivity index (χ2n) is 7.00. The highest BCUT2D eigenvalue weighted by molar-refractivity contribution is 5.88. The van der Waals surface area contributed by atoms with Gasteiger partial charge in [-0.2, -0.15) is 0 Å². The minimum absolute atomic E-state index is 0.253. The third kappa shape index (κ3) is 3.92. The van der Waals surface area contributed by atoms with Gasteiger partial charge in [0.1, 0.15) is 5.76 Å². The first-order chi connectivity index (χ1) is 13.6. The predicted molar refractivity (Wildman–Crippen MR) is 108 cm³/mol. The second kappa shape index (κ2) is 7.86. The number of hydrogen-bond donors (Lipinski definition) is 1. The van der Waals surface area contributed by atoms with Gasteiger partial charge in [0.15, 0.2) is 0 Å². The van der Waals surface area contributed by atoms with Gasteiger partial charge < -0.3 is 14.4 Å². The minimum Gasteiger partial charge on any atom is -0.478 e. The van der Waals surface area contributed by atoms with E-state index in [9.17, 15) is 4.79 Å². The molecule has 0 radical (unpaired) electrons. The van der Waals surface area contributed by atoms with Gasteiger partial charge in [0, 0.05) is 44.0 Å². The summed E-state index contributed by atoms with van der Waals surface area (Å²) in [7, 11) is 0. The molecular formula is C22H23N3O3. The average Bonchev–Trinajstić information content (AvgIpc) is 3.09. The molecule has 4 rings (SSSR count). The zero-order chi connectivity index (χ0) is 19.5. The van der Waals surface area contributed by atoms with Crippen molar-refractivity contribution in [3.05, 3.63) is 71.6 Å². The van der Waals surface area contributed by atoms with Crippen molar-refractivity contribution in [3.8, 4) is 11.5 Å². The molecule has 3 aromatic rings. The summed E-state index contributed by atoms with van der Waals surface area (Å²) in [6.07, 6.45) is 0. The van der Waals surface area contributed by atoms with E-state index < -0.39 is 5.97 Å². The topological polar surface area (TPSA) is 69.8 Å². The molecule has 28 heavy (non-hydrogen) atoms. The first-order valence-corrected chi connectivity index (χ1v) is 9.42. The predicted octanol–water partition coefficient (Wildman–Crippen LogP) is 3.67. The van der Waals surface area contributed by atoms with Gasteiger partial charge in [0.2, 0.25) is 5.89 Å². The van der Waals surface area contributed by atoms with E-state index in [0.717, 1.165) is 49.7 Å². The Balaban J connectivity index is 1.40. The summed E-state index contributed by atoms with van der Waals surface area (Å²) >= 11 is 0. The molecule has 1 aliphatic rings. The normalized spacial score (nSPS) is 15.0. The summed E-state index contributed by atoms with van der Waals surface area (Å²) in [5.74, 6) is 0.403. The average molecular weight is 377 g/mol. The van der Waals surface area contributed by atoms with Gasteiger partial charge in [-0.25, -0.2) is 9.78 Å². The Bertz CT molecular complexity index is 943. The van der Waals surface area contributed by atoms with Gasteiger partial charge in [-0.15, -0.1) is 0 Å². The van der Waals surface area contributed by atoms with Gasteiger partial charge in [0.05, 0.1) is 11.3 Å². The van der Waals surface area contributed by atoms with Crippen LogP contribution < -0.4 is 4.90 Å². The maximum absolute atomic E-state index is 11.0. The van der Waals surface area contributed by atoms with Crippen LogP contribution in [-0.2, 0) is 6.54 Å². The number of carboxylic acid groups (broad SMARTS) is 1. The molecule has 1 aromatic heterocycles. The molecule has 6 heteroatoms. The molecule has 0 saturated carbocycles. The fourth-order valence-corrected chi connectivity index (χ4v) is 3.47. The van der Waals surface area contributed by atoms with Crippen molar-refractivity contribution in [2.45, 2.75) is 13.5 Å². The molecule has 0 unspecified atom stereocenters. The quantitative estimate of drug-likeness (QED) is 0.732. The van der Waals surface area contributed by atoms with Crippen LogP contribution in [0.5, 0.6) is 0 Å². The number of hydrogen-bond acceptors (Lipinski definition) is 5. The first-order valence-electron chi connectivity index (χ1n) is 9.42. The number of anilines is 1.